The molecule has 2 aromatic rings. The molecule has 1 aromatic heterocycles. The zero-order chi connectivity index (χ0) is 23.5. The largest absolute Gasteiger partial charge is 0.484 e. The number of carbonyl (C=O) groups excluding carboxylic acids is 1. The van der Waals surface area contributed by atoms with E-state index in [9.17, 15) is 22.4 Å². The highest BCUT2D eigenvalue weighted by Crippen LogP contribution is 2.36. The lowest BCUT2D eigenvalue weighted by atomic mass is 9.90. The molecule has 2 atom stereocenters. The summed E-state index contributed by atoms with van der Waals surface area (Å²) in [5.41, 5.74) is 0.476. The zero-order valence-corrected chi connectivity index (χ0v) is 17.8. The Morgan fingerprint density at radius 3 is 2.81 bits per heavy atom. The molecule has 7 nitrogen and oxygen atoms in total. The monoisotopic (exact) mass is 476 g/mol. The molecule has 1 saturated heterocycles. The second-order valence-corrected chi connectivity index (χ2v) is 7.81. The van der Waals surface area contributed by atoms with Gasteiger partial charge in [0, 0.05) is 30.8 Å². The van der Waals surface area contributed by atoms with Gasteiger partial charge in [0.05, 0.1) is 17.5 Å². The van der Waals surface area contributed by atoms with Crippen LogP contribution in [0.3, 0.4) is 0 Å². The first kappa shape index (κ1) is 24.0. The summed E-state index contributed by atoms with van der Waals surface area (Å²) in [6.45, 7) is 4.62. The van der Waals surface area contributed by atoms with Crippen molar-refractivity contribution >= 4 is 23.1 Å². The van der Waals surface area contributed by atoms with E-state index in [0.717, 1.165) is 6.07 Å². The molecule has 174 valence electrons. The fourth-order valence-electron chi connectivity index (χ4n) is 3.16. The minimum Gasteiger partial charge on any atom is -0.484 e. The summed E-state index contributed by atoms with van der Waals surface area (Å²) in [6.07, 6.45) is -3.95. The number of nitrogens with one attached hydrogen (secondary N) is 1. The topological polar surface area (TPSA) is 80.5 Å². The second kappa shape index (κ2) is 9.86. The van der Waals surface area contributed by atoms with Gasteiger partial charge in [-0.15, -0.1) is 10.2 Å². The molecule has 2 heterocycles. The number of halogens is 5. The number of hydrogen-bond donors (Lipinski definition) is 1. The Kier molecular flexibility index (Phi) is 7.40. The van der Waals surface area contributed by atoms with E-state index in [1.807, 2.05) is 0 Å². The van der Waals surface area contributed by atoms with Gasteiger partial charge in [-0.2, -0.15) is 13.2 Å². The number of likely N-dealkylation sites (tertiary alicyclic amines) is 1. The lowest BCUT2D eigenvalue weighted by Crippen LogP contribution is -2.55. The first-order valence-electron chi connectivity index (χ1n) is 9.70. The lowest BCUT2D eigenvalue weighted by molar-refractivity contribution is -0.164. The first-order chi connectivity index (χ1) is 15.0. The van der Waals surface area contributed by atoms with Crippen LogP contribution in [-0.2, 0) is 4.79 Å². The van der Waals surface area contributed by atoms with Gasteiger partial charge in [0.25, 0.3) is 5.91 Å². The summed E-state index contributed by atoms with van der Waals surface area (Å²) < 4.78 is 61.7. The molecule has 0 saturated carbocycles. The maximum absolute atomic E-state index is 13.4. The van der Waals surface area contributed by atoms with E-state index < -0.39 is 24.4 Å². The van der Waals surface area contributed by atoms with Crippen LogP contribution in [0.25, 0.3) is 5.57 Å². The molecule has 0 bridgehead atoms. The van der Waals surface area contributed by atoms with Crippen LogP contribution < -0.4 is 10.1 Å². The maximum atomic E-state index is 13.4. The van der Waals surface area contributed by atoms with Crippen molar-refractivity contribution in [2.75, 3.05) is 26.2 Å². The smallest absolute Gasteiger partial charge is 0.401 e. The molecule has 12 heteroatoms. The summed E-state index contributed by atoms with van der Waals surface area (Å²) in [5, 5.41) is 10.4. The van der Waals surface area contributed by atoms with E-state index in [4.69, 9.17) is 20.8 Å². The molecule has 1 aromatic carbocycles. The van der Waals surface area contributed by atoms with Crippen molar-refractivity contribution in [2.45, 2.75) is 31.5 Å². The Balaban J connectivity index is 1.40. The highest BCUT2D eigenvalue weighted by atomic mass is 35.5. The Bertz CT molecular complexity index is 982. The van der Waals surface area contributed by atoms with Crippen LogP contribution in [0.2, 0.25) is 5.02 Å². The molecule has 1 aliphatic rings. The molecule has 1 fully saturated rings. The molecule has 0 aliphatic carbocycles. The van der Waals surface area contributed by atoms with E-state index in [1.165, 1.54) is 17.0 Å². The van der Waals surface area contributed by atoms with Gasteiger partial charge in [-0.3, -0.25) is 9.69 Å². The fraction of sp³-hybridized carbons (Fsp3) is 0.450. The Hall–Kier alpha value is -2.66. The van der Waals surface area contributed by atoms with Gasteiger partial charge in [-0.05, 0) is 25.5 Å². The highest BCUT2D eigenvalue weighted by molar-refractivity contribution is 6.30. The van der Waals surface area contributed by atoms with Gasteiger partial charge in [0.1, 0.15) is 11.6 Å². The number of benzene rings is 1. The summed E-state index contributed by atoms with van der Waals surface area (Å²) in [5.74, 6) is -0.746. The molecule has 32 heavy (non-hydrogen) atoms. The van der Waals surface area contributed by atoms with Crippen LogP contribution in [0.4, 0.5) is 17.6 Å². The van der Waals surface area contributed by atoms with Crippen molar-refractivity contribution in [2.24, 2.45) is 0 Å². The van der Waals surface area contributed by atoms with E-state index in [1.54, 1.807) is 6.92 Å². The van der Waals surface area contributed by atoms with Crippen molar-refractivity contribution in [1.82, 2.24) is 20.4 Å². The zero-order valence-electron chi connectivity index (χ0n) is 17.1. The summed E-state index contributed by atoms with van der Waals surface area (Å²) in [4.78, 5) is 13.2. The quantitative estimate of drug-likeness (QED) is 0.554. The third kappa shape index (κ3) is 6.19. The van der Waals surface area contributed by atoms with Gasteiger partial charge >= 0.3 is 6.18 Å². The minimum atomic E-state index is -4.26. The number of aromatic nitrogens is 2. The minimum absolute atomic E-state index is 0.0464. The van der Waals surface area contributed by atoms with Crippen molar-refractivity contribution in [1.29, 1.82) is 0 Å². The Morgan fingerprint density at radius 1 is 1.41 bits per heavy atom. The number of amides is 1. The molecule has 0 radical (unpaired) electrons. The van der Waals surface area contributed by atoms with Crippen LogP contribution >= 0.6 is 11.6 Å². The van der Waals surface area contributed by atoms with Crippen molar-refractivity contribution in [3.05, 3.63) is 47.4 Å². The van der Waals surface area contributed by atoms with E-state index in [2.05, 4.69) is 22.1 Å². The van der Waals surface area contributed by atoms with E-state index in [0.29, 0.717) is 12.0 Å². The van der Waals surface area contributed by atoms with Gasteiger partial charge in [-0.25, -0.2) is 4.39 Å². The molecule has 0 spiro atoms. The van der Waals surface area contributed by atoms with E-state index >= 15 is 0 Å². The van der Waals surface area contributed by atoms with Gasteiger partial charge in [0.15, 0.2) is 6.61 Å². The highest BCUT2D eigenvalue weighted by Gasteiger charge is 2.45. The molecule has 1 amide bonds. The maximum Gasteiger partial charge on any atom is 0.401 e. The average Bonchev–Trinajstić information content (AvgIpc) is 3.20. The number of hydrogen-bond acceptors (Lipinski definition) is 6. The molecular weight excluding hydrogens is 456 g/mol. The second-order valence-electron chi connectivity index (χ2n) is 7.41. The first-order valence-corrected chi connectivity index (χ1v) is 10.1. The SMILES string of the molecule is C=C(CCNC(=O)COc1ccc(Cl)c(F)c1)c1nnc(C2CN(CC(F)(F)F)C2C)o1. The molecular formula is C20H21ClF4N4O3. The predicted molar refractivity (Wildman–Crippen MR) is 108 cm³/mol. The van der Waals surface area contributed by atoms with E-state index in [-0.39, 0.29) is 54.2 Å². The molecule has 2 unspecified atom stereocenters. The molecule has 1 aliphatic heterocycles. The number of alkyl halides is 3. The van der Waals surface area contributed by atoms with Crippen LogP contribution in [-0.4, -0.2) is 59.5 Å². The number of ether oxygens (including phenoxy) is 1. The van der Waals surface area contributed by atoms with Gasteiger partial charge in [0.2, 0.25) is 11.8 Å². The van der Waals surface area contributed by atoms with Gasteiger partial charge in [-0.1, -0.05) is 18.2 Å². The molecule has 1 N–H and O–H groups in total. The Morgan fingerprint density at radius 2 is 2.16 bits per heavy atom. The van der Waals surface area contributed by atoms with Crippen molar-refractivity contribution in [3.8, 4) is 5.75 Å². The fourth-order valence-corrected chi connectivity index (χ4v) is 3.28. The number of rotatable bonds is 9. The predicted octanol–water partition coefficient (Wildman–Crippen LogP) is 3.81. The summed E-state index contributed by atoms with van der Waals surface area (Å²) >= 11 is 5.58. The van der Waals surface area contributed by atoms with Crippen LogP contribution in [0, 0.1) is 5.82 Å². The van der Waals surface area contributed by atoms with Crippen LogP contribution in [0.15, 0.2) is 29.2 Å². The van der Waals surface area contributed by atoms with Crippen LogP contribution in [0.5, 0.6) is 5.75 Å². The third-order valence-electron chi connectivity index (χ3n) is 5.04. The lowest BCUT2D eigenvalue weighted by Gasteiger charge is -2.44. The number of carbonyl (C=O) groups is 1. The number of nitrogens with zero attached hydrogens (tertiary/aromatic N) is 3. The van der Waals surface area contributed by atoms with Crippen LogP contribution in [0.1, 0.15) is 31.0 Å². The average molecular weight is 477 g/mol. The third-order valence-corrected chi connectivity index (χ3v) is 5.35. The van der Waals surface area contributed by atoms with Crippen molar-refractivity contribution in [3.63, 3.8) is 0 Å². The Labute approximate surface area is 186 Å². The van der Waals surface area contributed by atoms with Gasteiger partial charge < -0.3 is 14.5 Å². The standard InChI is InChI=1S/C20H21ClF4N4O3/c1-11(5-6-26-17(30)9-31-13-3-4-15(21)16(22)7-13)18-27-28-19(32-18)14-8-29(12(14)2)10-20(23,24)25/h3-4,7,12,14H,1,5-6,8-10H2,2H3,(H,26,30). The molecule has 3 rings (SSSR count). The van der Waals surface area contributed by atoms with Crippen molar-refractivity contribution < 1.29 is 31.5 Å². The summed E-state index contributed by atoms with van der Waals surface area (Å²) in [7, 11) is 0. The normalized spacial score (nSPS) is 18.8. The summed E-state index contributed by atoms with van der Waals surface area (Å²) in [6, 6.07) is 3.48.